The van der Waals surface area contributed by atoms with Crippen LogP contribution in [-0.4, -0.2) is 4.98 Å². The Kier molecular flexibility index (Phi) is 4.00. The molecule has 0 saturated heterocycles. The van der Waals surface area contributed by atoms with Crippen LogP contribution in [0.2, 0.25) is 0 Å². The lowest BCUT2D eigenvalue weighted by atomic mass is 10.1. The average Bonchev–Trinajstić information content (AvgIpc) is 2.48. The maximum absolute atomic E-state index is 5.48. The van der Waals surface area contributed by atoms with Gasteiger partial charge in [-0.05, 0) is 19.8 Å². The highest BCUT2D eigenvalue weighted by atomic mass is 16.4. The maximum Gasteiger partial charge on any atom is 0.194 e. The fourth-order valence-electron chi connectivity index (χ4n) is 1.41. The van der Waals surface area contributed by atoms with E-state index in [9.17, 15) is 0 Å². The Morgan fingerprint density at radius 2 is 2.00 bits per heavy atom. The summed E-state index contributed by atoms with van der Waals surface area (Å²) in [5, 5.41) is 0. The van der Waals surface area contributed by atoms with Gasteiger partial charge in [-0.1, -0.05) is 26.7 Å². The van der Waals surface area contributed by atoms with Crippen LogP contribution in [0.3, 0.4) is 0 Å². The second-order valence-corrected chi connectivity index (χ2v) is 3.42. The van der Waals surface area contributed by atoms with Crippen LogP contribution in [0, 0.1) is 6.92 Å². The second kappa shape index (κ2) is 5.05. The molecule has 0 aliphatic carbocycles. The van der Waals surface area contributed by atoms with E-state index >= 15 is 0 Å². The molecule has 0 radical (unpaired) electrons. The quantitative estimate of drug-likeness (QED) is 0.651. The molecule has 0 unspecified atom stereocenters. The summed E-state index contributed by atoms with van der Waals surface area (Å²) in [4.78, 5) is 4.43. The number of unbranched alkanes of at least 4 members (excludes halogenated alkanes) is 2. The van der Waals surface area contributed by atoms with Crippen molar-refractivity contribution in [2.45, 2.75) is 52.9 Å². The van der Waals surface area contributed by atoms with Gasteiger partial charge in [0.05, 0.1) is 5.69 Å². The number of rotatable bonds is 5. The minimum Gasteiger partial charge on any atom is -0.446 e. The number of aryl methyl sites for hydroxylation is 3. The van der Waals surface area contributed by atoms with Crippen molar-refractivity contribution in [3.63, 3.8) is 0 Å². The zero-order chi connectivity index (χ0) is 9.68. The Hall–Kier alpha value is -0.790. The predicted molar refractivity (Wildman–Crippen MR) is 53.8 cm³/mol. The van der Waals surface area contributed by atoms with Crippen LogP contribution in [-0.2, 0) is 12.8 Å². The highest BCUT2D eigenvalue weighted by molar-refractivity contribution is 5.08. The molecule has 0 amide bonds. The lowest BCUT2D eigenvalue weighted by Crippen LogP contribution is -1.88. The van der Waals surface area contributed by atoms with Gasteiger partial charge >= 0.3 is 0 Å². The van der Waals surface area contributed by atoms with Gasteiger partial charge in [0.25, 0.3) is 0 Å². The lowest BCUT2D eigenvalue weighted by Gasteiger charge is -1.94. The van der Waals surface area contributed by atoms with Gasteiger partial charge in [-0.25, -0.2) is 4.98 Å². The van der Waals surface area contributed by atoms with Gasteiger partial charge in [0.2, 0.25) is 0 Å². The van der Waals surface area contributed by atoms with Crippen LogP contribution in [0.25, 0.3) is 0 Å². The fourth-order valence-corrected chi connectivity index (χ4v) is 1.41. The Bertz CT molecular complexity index is 253. The molecule has 74 valence electrons. The first-order valence-electron chi connectivity index (χ1n) is 5.23. The van der Waals surface area contributed by atoms with Crippen molar-refractivity contribution in [1.82, 2.24) is 4.98 Å². The summed E-state index contributed by atoms with van der Waals surface area (Å²) >= 11 is 0. The van der Waals surface area contributed by atoms with Gasteiger partial charge in [0.1, 0.15) is 5.76 Å². The van der Waals surface area contributed by atoms with Crippen molar-refractivity contribution >= 4 is 0 Å². The van der Waals surface area contributed by atoms with Crippen LogP contribution >= 0.6 is 0 Å². The lowest BCUT2D eigenvalue weighted by molar-refractivity contribution is 0.475. The topological polar surface area (TPSA) is 26.0 Å². The molecule has 1 rings (SSSR count). The van der Waals surface area contributed by atoms with Crippen molar-refractivity contribution in [2.75, 3.05) is 0 Å². The van der Waals surface area contributed by atoms with Gasteiger partial charge in [-0.2, -0.15) is 0 Å². The smallest absolute Gasteiger partial charge is 0.194 e. The van der Waals surface area contributed by atoms with Crippen molar-refractivity contribution in [3.8, 4) is 0 Å². The molecule has 1 aromatic rings. The summed E-state index contributed by atoms with van der Waals surface area (Å²) < 4.78 is 5.48. The second-order valence-electron chi connectivity index (χ2n) is 3.42. The van der Waals surface area contributed by atoms with E-state index in [1.165, 1.54) is 19.3 Å². The summed E-state index contributed by atoms with van der Waals surface area (Å²) in [6.45, 7) is 6.29. The van der Waals surface area contributed by atoms with Crippen molar-refractivity contribution in [3.05, 3.63) is 17.3 Å². The monoisotopic (exact) mass is 181 g/mol. The largest absolute Gasteiger partial charge is 0.446 e. The number of nitrogens with zero attached hydrogens (tertiary/aromatic N) is 1. The minimum absolute atomic E-state index is 0.879. The molecular weight excluding hydrogens is 162 g/mol. The average molecular weight is 181 g/mol. The molecule has 0 fully saturated rings. The number of oxazole rings is 1. The third kappa shape index (κ3) is 2.87. The molecule has 2 nitrogen and oxygen atoms in total. The molecule has 0 aliphatic rings. The van der Waals surface area contributed by atoms with Gasteiger partial charge in [0, 0.05) is 6.42 Å². The highest BCUT2D eigenvalue weighted by Gasteiger charge is 2.06. The molecule has 0 spiro atoms. The third-order valence-corrected chi connectivity index (χ3v) is 2.26. The summed E-state index contributed by atoms with van der Waals surface area (Å²) in [7, 11) is 0. The minimum atomic E-state index is 0.879. The molecule has 13 heavy (non-hydrogen) atoms. The van der Waals surface area contributed by atoms with Crippen LogP contribution < -0.4 is 0 Å². The molecule has 2 heteroatoms. The maximum atomic E-state index is 5.48. The van der Waals surface area contributed by atoms with E-state index < -0.39 is 0 Å². The Morgan fingerprint density at radius 3 is 2.54 bits per heavy atom. The molecule has 0 aromatic carbocycles. The molecule has 0 atom stereocenters. The normalized spacial score (nSPS) is 10.7. The number of aromatic nitrogens is 1. The van der Waals surface area contributed by atoms with E-state index in [-0.39, 0.29) is 0 Å². The van der Waals surface area contributed by atoms with Crippen LogP contribution in [0.5, 0.6) is 0 Å². The van der Waals surface area contributed by atoms with Crippen LogP contribution in [0.1, 0.15) is 50.5 Å². The predicted octanol–water partition coefficient (Wildman–Crippen LogP) is 3.28. The molecule has 1 aromatic heterocycles. The Balaban J connectivity index is 2.50. The van der Waals surface area contributed by atoms with Crippen LogP contribution in [0.15, 0.2) is 4.42 Å². The zero-order valence-electron chi connectivity index (χ0n) is 8.89. The van der Waals surface area contributed by atoms with E-state index in [0.29, 0.717) is 0 Å². The molecule has 1 heterocycles. The Labute approximate surface area is 80.4 Å². The van der Waals surface area contributed by atoms with Crippen molar-refractivity contribution in [1.29, 1.82) is 0 Å². The number of hydrogen-bond donors (Lipinski definition) is 0. The third-order valence-electron chi connectivity index (χ3n) is 2.26. The van der Waals surface area contributed by atoms with E-state index in [4.69, 9.17) is 4.42 Å². The van der Waals surface area contributed by atoms with Crippen LogP contribution in [0.4, 0.5) is 0 Å². The molecule has 0 saturated carbocycles. The van der Waals surface area contributed by atoms with E-state index in [0.717, 1.165) is 30.2 Å². The fraction of sp³-hybridized carbons (Fsp3) is 0.727. The highest BCUT2D eigenvalue weighted by Crippen LogP contribution is 2.13. The standard InChI is InChI=1S/C11H19NO/c1-4-6-7-8-10-9(3)13-11(5-2)12-10/h4-8H2,1-3H3. The molecule has 0 N–H and O–H groups in total. The van der Waals surface area contributed by atoms with Gasteiger partial charge in [0.15, 0.2) is 5.89 Å². The van der Waals surface area contributed by atoms with Gasteiger partial charge in [-0.15, -0.1) is 0 Å². The zero-order valence-corrected chi connectivity index (χ0v) is 8.89. The Morgan fingerprint density at radius 1 is 1.23 bits per heavy atom. The SMILES string of the molecule is CCCCCc1nc(CC)oc1C. The number of hydrogen-bond acceptors (Lipinski definition) is 2. The van der Waals surface area contributed by atoms with E-state index in [1.54, 1.807) is 0 Å². The van der Waals surface area contributed by atoms with Gasteiger partial charge < -0.3 is 4.42 Å². The first-order chi connectivity index (χ1) is 6.27. The summed E-state index contributed by atoms with van der Waals surface area (Å²) in [5.41, 5.74) is 1.16. The summed E-state index contributed by atoms with van der Waals surface area (Å²) in [6.07, 6.45) is 5.75. The summed E-state index contributed by atoms with van der Waals surface area (Å²) in [6, 6.07) is 0. The van der Waals surface area contributed by atoms with E-state index in [1.807, 2.05) is 6.92 Å². The molecule has 0 aliphatic heterocycles. The van der Waals surface area contributed by atoms with Crippen molar-refractivity contribution < 1.29 is 4.42 Å². The van der Waals surface area contributed by atoms with E-state index in [2.05, 4.69) is 18.8 Å². The van der Waals surface area contributed by atoms with Gasteiger partial charge in [-0.3, -0.25) is 0 Å². The first-order valence-corrected chi connectivity index (χ1v) is 5.23. The first kappa shape index (κ1) is 10.3. The van der Waals surface area contributed by atoms with Crippen molar-refractivity contribution in [2.24, 2.45) is 0 Å². The molecule has 0 bridgehead atoms. The molecular formula is C11H19NO. The summed E-state index contributed by atoms with van der Waals surface area (Å²) in [5.74, 6) is 1.89.